The molecule has 3 aromatic carbocycles. The summed E-state index contributed by atoms with van der Waals surface area (Å²) in [6.07, 6.45) is 0. The fourth-order valence-corrected chi connectivity index (χ4v) is 3.49. The topological polar surface area (TPSA) is 102 Å². The normalized spacial score (nSPS) is 13.5. The molecule has 7 nitrogen and oxygen atoms in total. The van der Waals surface area contributed by atoms with Crippen molar-refractivity contribution in [2.45, 2.75) is 6.92 Å². The first-order valence-corrected chi connectivity index (χ1v) is 10.5. The van der Waals surface area contributed by atoms with E-state index in [-0.39, 0.29) is 10.7 Å². The third-order valence-electron chi connectivity index (χ3n) is 4.92. The van der Waals surface area contributed by atoms with Gasteiger partial charge in [-0.3, -0.25) is 9.59 Å². The molecular weight excluding hydrogens is 465 g/mol. The molecule has 0 bridgehead atoms. The van der Waals surface area contributed by atoms with Crippen molar-refractivity contribution in [2.75, 3.05) is 16.0 Å². The molecule has 9 heteroatoms. The minimum Gasteiger partial charge on any atom is -0.423 e. The standard InChI is InChI=1S/C24H17Cl2N3O4/c1-13-2-9-17(12-19(13)25)29-22(30)20(26)21(23(29)31)28-16-7-3-14(4-8-16)24(32)33-18-10-5-15(27)6-11-18/h2-12,28H,27H2,1H3. The first-order chi connectivity index (χ1) is 15.7. The van der Waals surface area contributed by atoms with E-state index < -0.39 is 17.8 Å². The molecule has 0 fully saturated rings. The molecule has 0 unspecified atom stereocenters. The fourth-order valence-electron chi connectivity index (χ4n) is 3.10. The van der Waals surface area contributed by atoms with Gasteiger partial charge >= 0.3 is 5.97 Å². The third-order valence-corrected chi connectivity index (χ3v) is 5.68. The van der Waals surface area contributed by atoms with E-state index in [1.54, 1.807) is 48.5 Å². The lowest BCUT2D eigenvalue weighted by molar-refractivity contribution is -0.120. The highest BCUT2D eigenvalue weighted by atomic mass is 35.5. The number of carbonyl (C=O) groups is 3. The second-order valence-electron chi connectivity index (χ2n) is 7.23. The van der Waals surface area contributed by atoms with Gasteiger partial charge in [-0.2, -0.15) is 0 Å². The van der Waals surface area contributed by atoms with E-state index in [0.29, 0.717) is 33.4 Å². The Morgan fingerprint density at radius 1 is 0.939 bits per heavy atom. The van der Waals surface area contributed by atoms with Crippen molar-refractivity contribution in [3.05, 3.63) is 93.6 Å². The number of halogens is 2. The molecule has 3 aromatic rings. The van der Waals surface area contributed by atoms with Crippen molar-refractivity contribution in [2.24, 2.45) is 0 Å². The van der Waals surface area contributed by atoms with E-state index in [4.69, 9.17) is 33.7 Å². The number of anilines is 3. The van der Waals surface area contributed by atoms with Crippen molar-refractivity contribution >= 4 is 58.0 Å². The Bertz CT molecular complexity index is 1300. The lowest BCUT2D eigenvalue weighted by atomic mass is 10.2. The molecule has 4 rings (SSSR count). The van der Waals surface area contributed by atoms with Gasteiger partial charge in [-0.15, -0.1) is 0 Å². The first kappa shape index (κ1) is 22.4. The zero-order chi connectivity index (χ0) is 23.7. The van der Waals surface area contributed by atoms with Crippen molar-refractivity contribution in [3.63, 3.8) is 0 Å². The summed E-state index contributed by atoms with van der Waals surface area (Å²) in [7, 11) is 0. The molecule has 1 aliphatic rings. The molecule has 33 heavy (non-hydrogen) atoms. The number of nitrogen functional groups attached to an aromatic ring is 1. The summed E-state index contributed by atoms with van der Waals surface area (Å²) in [6, 6.07) is 17.5. The van der Waals surface area contributed by atoms with Gasteiger partial charge in [0.25, 0.3) is 11.8 Å². The van der Waals surface area contributed by atoms with E-state index in [0.717, 1.165) is 10.5 Å². The van der Waals surface area contributed by atoms with Gasteiger partial charge in [0.15, 0.2) is 0 Å². The predicted molar refractivity (Wildman–Crippen MR) is 127 cm³/mol. The van der Waals surface area contributed by atoms with Crippen molar-refractivity contribution in [1.82, 2.24) is 0 Å². The summed E-state index contributed by atoms with van der Waals surface area (Å²) in [5.41, 5.74) is 7.98. The lowest BCUT2D eigenvalue weighted by Crippen LogP contribution is -2.32. The molecule has 0 aliphatic carbocycles. The Morgan fingerprint density at radius 2 is 1.61 bits per heavy atom. The van der Waals surface area contributed by atoms with Crippen LogP contribution in [0, 0.1) is 6.92 Å². The van der Waals surface area contributed by atoms with Gasteiger partial charge in [-0.1, -0.05) is 29.3 Å². The molecule has 0 radical (unpaired) electrons. The molecule has 0 aromatic heterocycles. The summed E-state index contributed by atoms with van der Waals surface area (Å²) in [4.78, 5) is 38.8. The zero-order valence-corrected chi connectivity index (χ0v) is 18.8. The fraction of sp³-hybridized carbons (Fsp3) is 0.0417. The van der Waals surface area contributed by atoms with Crippen LogP contribution in [0.5, 0.6) is 5.75 Å². The molecule has 0 atom stereocenters. The summed E-state index contributed by atoms with van der Waals surface area (Å²) in [5, 5.41) is 3.03. The number of nitrogens with two attached hydrogens (primary N) is 1. The van der Waals surface area contributed by atoms with E-state index in [1.807, 2.05) is 6.92 Å². The van der Waals surface area contributed by atoms with Crippen LogP contribution >= 0.6 is 23.2 Å². The van der Waals surface area contributed by atoms with Crippen LogP contribution in [-0.2, 0) is 9.59 Å². The molecule has 0 spiro atoms. The Hall–Kier alpha value is -3.81. The van der Waals surface area contributed by atoms with Gasteiger partial charge in [0.1, 0.15) is 16.5 Å². The largest absolute Gasteiger partial charge is 0.423 e. The average molecular weight is 482 g/mol. The monoisotopic (exact) mass is 481 g/mol. The molecule has 0 saturated carbocycles. The van der Waals surface area contributed by atoms with E-state index >= 15 is 0 Å². The van der Waals surface area contributed by atoms with Gasteiger partial charge in [-0.05, 0) is 73.2 Å². The van der Waals surface area contributed by atoms with E-state index in [2.05, 4.69) is 5.32 Å². The van der Waals surface area contributed by atoms with Gasteiger partial charge in [0.2, 0.25) is 0 Å². The maximum atomic E-state index is 12.9. The number of ether oxygens (including phenoxy) is 1. The Kier molecular flexibility index (Phi) is 6.09. The van der Waals surface area contributed by atoms with E-state index in [1.165, 1.54) is 18.2 Å². The summed E-state index contributed by atoms with van der Waals surface area (Å²) in [6.45, 7) is 1.81. The minimum absolute atomic E-state index is 0.0736. The highest BCUT2D eigenvalue weighted by Gasteiger charge is 2.39. The number of carbonyl (C=O) groups excluding carboxylic acids is 3. The molecule has 166 valence electrons. The van der Waals surface area contributed by atoms with Crippen LogP contribution in [0.25, 0.3) is 0 Å². The minimum atomic E-state index is -0.659. The number of esters is 1. The molecule has 3 N–H and O–H groups in total. The van der Waals surface area contributed by atoms with Gasteiger partial charge in [-0.25, -0.2) is 9.69 Å². The number of hydrogen-bond donors (Lipinski definition) is 2. The van der Waals surface area contributed by atoms with Crippen LogP contribution in [0.1, 0.15) is 15.9 Å². The maximum absolute atomic E-state index is 12.9. The van der Waals surface area contributed by atoms with Gasteiger partial charge in [0.05, 0.1) is 11.3 Å². The third kappa shape index (κ3) is 4.55. The molecular formula is C24H17Cl2N3O4. The highest BCUT2D eigenvalue weighted by molar-refractivity contribution is 6.53. The van der Waals surface area contributed by atoms with Gasteiger partial charge < -0.3 is 15.8 Å². The lowest BCUT2D eigenvalue weighted by Gasteiger charge is -2.16. The number of benzene rings is 3. The smallest absolute Gasteiger partial charge is 0.343 e. The van der Waals surface area contributed by atoms with Crippen molar-refractivity contribution in [3.8, 4) is 5.75 Å². The van der Waals surface area contributed by atoms with Crippen molar-refractivity contribution in [1.29, 1.82) is 0 Å². The number of nitrogens with one attached hydrogen (secondary N) is 1. The molecule has 1 heterocycles. The zero-order valence-electron chi connectivity index (χ0n) is 17.3. The SMILES string of the molecule is Cc1ccc(N2C(=O)C(Cl)=C(Nc3ccc(C(=O)Oc4ccc(N)cc4)cc3)C2=O)cc1Cl. The van der Waals surface area contributed by atoms with Crippen LogP contribution in [0.4, 0.5) is 17.1 Å². The van der Waals surface area contributed by atoms with Crippen molar-refractivity contribution < 1.29 is 19.1 Å². The van der Waals surface area contributed by atoms with Crippen LogP contribution in [0.2, 0.25) is 5.02 Å². The number of aryl methyl sites for hydroxylation is 1. The van der Waals surface area contributed by atoms with Crippen LogP contribution < -0.4 is 20.7 Å². The quantitative estimate of drug-likeness (QED) is 0.233. The second-order valence-corrected chi connectivity index (χ2v) is 8.01. The Balaban J connectivity index is 1.48. The Labute approximate surface area is 199 Å². The second kappa shape index (κ2) is 8.97. The first-order valence-electron chi connectivity index (χ1n) is 9.74. The maximum Gasteiger partial charge on any atom is 0.343 e. The summed E-state index contributed by atoms with van der Waals surface area (Å²) < 4.78 is 5.30. The number of imide groups is 1. The number of nitrogens with zero attached hydrogens (tertiary/aromatic N) is 1. The van der Waals surface area contributed by atoms with Gasteiger partial charge in [0, 0.05) is 16.4 Å². The number of rotatable bonds is 5. The summed E-state index contributed by atoms with van der Waals surface area (Å²) in [5.74, 6) is -1.47. The van der Waals surface area contributed by atoms with Crippen LogP contribution in [0.3, 0.4) is 0 Å². The number of amides is 2. The Morgan fingerprint density at radius 3 is 2.24 bits per heavy atom. The summed E-state index contributed by atoms with van der Waals surface area (Å²) >= 11 is 12.3. The molecule has 1 aliphatic heterocycles. The van der Waals surface area contributed by atoms with Crippen LogP contribution in [-0.4, -0.2) is 17.8 Å². The van der Waals surface area contributed by atoms with Crippen LogP contribution in [0.15, 0.2) is 77.5 Å². The van der Waals surface area contributed by atoms with E-state index in [9.17, 15) is 14.4 Å². The molecule has 0 saturated heterocycles. The highest BCUT2D eigenvalue weighted by Crippen LogP contribution is 2.32. The average Bonchev–Trinajstić information content (AvgIpc) is 3.01. The number of hydrogen-bond acceptors (Lipinski definition) is 6. The predicted octanol–water partition coefficient (Wildman–Crippen LogP) is 4.89. The molecule has 2 amide bonds.